The summed E-state index contributed by atoms with van der Waals surface area (Å²) >= 11 is 3.40. The summed E-state index contributed by atoms with van der Waals surface area (Å²) < 4.78 is 0.760. The fourth-order valence-electron chi connectivity index (χ4n) is 4.72. The highest BCUT2D eigenvalue weighted by molar-refractivity contribution is 9.10. The largest absolute Gasteiger partial charge is 0.274 e. The number of nitrogens with one attached hydrogen (secondary N) is 1. The number of aryl methyl sites for hydroxylation is 2. The number of hydrogen-bond acceptors (Lipinski definition) is 4. The van der Waals surface area contributed by atoms with Gasteiger partial charge < -0.3 is 0 Å². The standard InChI is InChI=1S/C27H24BrN3O3/c1-3-17-9-11-18(12-10-17)23-22-24(31(29-23)25(32)19-5-4-6-20(28)15-19)27(34)30(26(22)33)21-13-7-16(2)8-14-21/h4-15,22-24,29H,3H2,1-2H3/t22-,23+,24+/m1/s1. The van der Waals surface area contributed by atoms with E-state index in [4.69, 9.17) is 0 Å². The number of nitrogens with zero attached hydrogens (tertiary/aromatic N) is 2. The summed E-state index contributed by atoms with van der Waals surface area (Å²) in [5.41, 5.74) is 7.23. The maximum atomic E-state index is 13.7. The van der Waals surface area contributed by atoms with Gasteiger partial charge in [-0.2, -0.15) is 0 Å². The lowest BCUT2D eigenvalue weighted by molar-refractivity contribution is -0.123. The predicted molar refractivity (Wildman–Crippen MR) is 133 cm³/mol. The van der Waals surface area contributed by atoms with E-state index >= 15 is 0 Å². The van der Waals surface area contributed by atoms with Crippen molar-refractivity contribution in [2.45, 2.75) is 32.4 Å². The van der Waals surface area contributed by atoms with Gasteiger partial charge in [0, 0.05) is 10.0 Å². The third-order valence-electron chi connectivity index (χ3n) is 6.56. The lowest BCUT2D eigenvalue weighted by atomic mass is 9.90. The molecule has 3 amide bonds. The Labute approximate surface area is 206 Å². The van der Waals surface area contributed by atoms with E-state index < -0.39 is 23.9 Å². The molecule has 172 valence electrons. The van der Waals surface area contributed by atoms with Crippen LogP contribution in [-0.4, -0.2) is 28.8 Å². The maximum absolute atomic E-state index is 13.7. The first kappa shape index (κ1) is 22.5. The second-order valence-electron chi connectivity index (χ2n) is 8.71. The first-order valence-electron chi connectivity index (χ1n) is 11.3. The van der Waals surface area contributed by atoms with E-state index in [0.717, 1.165) is 22.0 Å². The van der Waals surface area contributed by atoms with E-state index in [-0.39, 0.29) is 11.8 Å². The number of benzene rings is 3. The topological polar surface area (TPSA) is 69.7 Å². The highest BCUT2D eigenvalue weighted by Crippen LogP contribution is 2.42. The number of carbonyl (C=O) groups excluding carboxylic acids is 3. The number of halogens is 1. The SMILES string of the molecule is CCc1ccc([C@@H]2NN(C(=O)c3cccc(Br)c3)[C@@H]3C(=O)N(c4ccc(C)cc4)C(=O)[C@@H]32)cc1. The van der Waals surface area contributed by atoms with Gasteiger partial charge >= 0.3 is 0 Å². The smallest absolute Gasteiger partial charge is 0.268 e. The van der Waals surface area contributed by atoms with Crippen molar-refractivity contribution in [1.82, 2.24) is 10.4 Å². The van der Waals surface area contributed by atoms with Crippen LogP contribution in [0.4, 0.5) is 5.69 Å². The number of imide groups is 1. The van der Waals surface area contributed by atoms with Crippen LogP contribution in [0.15, 0.2) is 77.3 Å². The summed E-state index contributed by atoms with van der Waals surface area (Å²) in [7, 11) is 0. The minimum Gasteiger partial charge on any atom is -0.274 e. The van der Waals surface area contributed by atoms with Crippen LogP contribution in [0.3, 0.4) is 0 Å². The van der Waals surface area contributed by atoms with Crippen LogP contribution in [-0.2, 0) is 16.0 Å². The Morgan fingerprint density at radius 2 is 1.68 bits per heavy atom. The van der Waals surface area contributed by atoms with Crippen molar-refractivity contribution < 1.29 is 14.4 Å². The van der Waals surface area contributed by atoms with Crippen LogP contribution in [0.25, 0.3) is 0 Å². The number of carbonyl (C=O) groups is 3. The molecule has 2 aliphatic rings. The van der Waals surface area contributed by atoms with Gasteiger partial charge in [0.15, 0.2) is 0 Å². The summed E-state index contributed by atoms with van der Waals surface area (Å²) in [6.45, 7) is 4.03. The third-order valence-corrected chi connectivity index (χ3v) is 7.06. The van der Waals surface area contributed by atoms with E-state index in [1.165, 1.54) is 15.5 Å². The van der Waals surface area contributed by atoms with E-state index in [0.29, 0.717) is 11.3 Å². The molecule has 0 radical (unpaired) electrons. The normalized spacial score (nSPS) is 21.8. The van der Waals surface area contributed by atoms with Gasteiger partial charge in [0.05, 0.1) is 17.6 Å². The average molecular weight is 518 g/mol. The summed E-state index contributed by atoms with van der Waals surface area (Å²) in [6, 6.07) is 20.8. The Kier molecular flexibility index (Phi) is 5.83. The van der Waals surface area contributed by atoms with E-state index in [2.05, 4.69) is 28.3 Å². The van der Waals surface area contributed by atoms with E-state index in [9.17, 15) is 14.4 Å². The molecule has 7 heteroatoms. The molecule has 3 atom stereocenters. The van der Waals surface area contributed by atoms with Crippen molar-refractivity contribution in [3.8, 4) is 0 Å². The minimum atomic E-state index is -0.934. The minimum absolute atomic E-state index is 0.305. The quantitative estimate of drug-likeness (QED) is 0.514. The molecule has 2 aliphatic heterocycles. The molecule has 6 nitrogen and oxygen atoms in total. The van der Waals surface area contributed by atoms with Gasteiger partial charge in [0.2, 0.25) is 5.91 Å². The molecule has 2 heterocycles. The summed E-state index contributed by atoms with van der Waals surface area (Å²) in [6.07, 6.45) is 0.899. The fraction of sp³-hybridized carbons (Fsp3) is 0.222. The fourth-order valence-corrected chi connectivity index (χ4v) is 5.12. The lowest BCUT2D eigenvalue weighted by Gasteiger charge is -2.25. The van der Waals surface area contributed by atoms with Gasteiger partial charge in [0.1, 0.15) is 6.04 Å². The molecule has 1 N–H and O–H groups in total. The molecular weight excluding hydrogens is 494 g/mol. The molecule has 3 aromatic rings. The molecule has 0 aromatic heterocycles. The first-order valence-corrected chi connectivity index (χ1v) is 12.1. The van der Waals surface area contributed by atoms with Gasteiger partial charge in [-0.05, 0) is 54.8 Å². The Hall–Kier alpha value is -3.29. The molecule has 2 fully saturated rings. The highest BCUT2D eigenvalue weighted by Gasteiger charge is 2.60. The van der Waals surface area contributed by atoms with Crippen molar-refractivity contribution >= 4 is 39.3 Å². The molecule has 5 rings (SSSR count). The molecular formula is C27H24BrN3O3. The molecule has 34 heavy (non-hydrogen) atoms. The van der Waals surface area contributed by atoms with E-state index in [1.54, 1.807) is 30.3 Å². The monoisotopic (exact) mass is 517 g/mol. The van der Waals surface area contributed by atoms with Crippen LogP contribution in [0.1, 0.15) is 40.0 Å². The van der Waals surface area contributed by atoms with Gasteiger partial charge in [-0.15, -0.1) is 0 Å². The third kappa shape index (κ3) is 3.75. The molecule has 0 unspecified atom stereocenters. The number of amides is 3. The van der Waals surface area contributed by atoms with Gasteiger partial charge in [-0.1, -0.05) is 70.9 Å². The van der Waals surface area contributed by atoms with Gasteiger partial charge in [-0.3, -0.25) is 19.4 Å². The summed E-state index contributed by atoms with van der Waals surface area (Å²) in [5, 5.41) is 1.35. The van der Waals surface area contributed by atoms with Crippen LogP contribution in [0, 0.1) is 12.8 Å². The van der Waals surface area contributed by atoms with Crippen LogP contribution >= 0.6 is 15.9 Å². The first-order chi connectivity index (χ1) is 16.4. The number of hydrazine groups is 1. The van der Waals surface area contributed by atoms with Crippen molar-refractivity contribution in [2.24, 2.45) is 5.92 Å². The second-order valence-corrected chi connectivity index (χ2v) is 9.62. The Balaban J connectivity index is 1.57. The second kappa shape index (κ2) is 8.81. The molecule has 0 saturated carbocycles. The number of fused-ring (bicyclic) bond motifs is 1. The number of hydrogen-bond donors (Lipinski definition) is 1. The van der Waals surface area contributed by atoms with Crippen LogP contribution in [0.5, 0.6) is 0 Å². The van der Waals surface area contributed by atoms with Crippen molar-refractivity contribution in [3.63, 3.8) is 0 Å². The van der Waals surface area contributed by atoms with Crippen LogP contribution < -0.4 is 10.3 Å². The Morgan fingerprint density at radius 1 is 0.971 bits per heavy atom. The zero-order valence-electron chi connectivity index (χ0n) is 18.9. The lowest BCUT2D eigenvalue weighted by Crippen LogP contribution is -2.48. The zero-order valence-corrected chi connectivity index (χ0v) is 20.5. The summed E-state index contributed by atoms with van der Waals surface area (Å²) in [4.78, 5) is 42.0. The predicted octanol–water partition coefficient (Wildman–Crippen LogP) is 4.58. The van der Waals surface area contributed by atoms with Gasteiger partial charge in [0.25, 0.3) is 11.8 Å². The van der Waals surface area contributed by atoms with Crippen molar-refractivity contribution in [3.05, 3.63) is 99.5 Å². The molecule has 3 aromatic carbocycles. The average Bonchev–Trinajstić information content (AvgIpc) is 3.36. The van der Waals surface area contributed by atoms with Crippen molar-refractivity contribution in [1.29, 1.82) is 0 Å². The number of anilines is 1. The Morgan fingerprint density at radius 3 is 2.32 bits per heavy atom. The maximum Gasteiger partial charge on any atom is 0.268 e. The molecule has 0 spiro atoms. The highest BCUT2D eigenvalue weighted by atomic mass is 79.9. The van der Waals surface area contributed by atoms with Gasteiger partial charge in [-0.25, -0.2) is 10.3 Å². The van der Waals surface area contributed by atoms with E-state index in [1.807, 2.05) is 49.4 Å². The Bertz CT molecular complexity index is 1270. The molecule has 0 aliphatic carbocycles. The summed E-state index contributed by atoms with van der Waals surface area (Å²) in [5.74, 6) is -1.78. The zero-order chi connectivity index (χ0) is 24.0. The van der Waals surface area contributed by atoms with Crippen LogP contribution in [0.2, 0.25) is 0 Å². The molecule has 0 bridgehead atoms. The van der Waals surface area contributed by atoms with Crippen molar-refractivity contribution in [2.75, 3.05) is 4.90 Å². The molecule has 2 saturated heterocycles. The number of rotatable bonds is 4.